The highest BCUT2D eigenvalue weighted by molar-refractivity contribution is 5.32. The minimum absolute atomic E-state index is 0.734. The summed E-state index contributed by atoms with van der Waals surface area (Å²) in [4.78, 5) is 0. The van der Waals surface area contributed by atoms with Crippen LogP contribution in [-0.2, 0) is 0 Å². The molecule has 0 N–H and O–H groups in total. The van der Waals surface area contributed by atoms with Crippen LogP contribution in [0.15, 0.2) is 12.2 Å². The molecule has 76 valence electrons. The van der Waals surface area contributed by atoms with Crippen LogP contribution >= 0.6 is 0 Å². The van der Waals surface area contributed by atoms with Crippen molar-refractivity contribution in [2.75, 3.05) is 0 Å². The molecule has 4 rings (SSSR count). The Hall–Kier alpha value is -0.260. The van der Waals surface area contributed by atoms with Gasteiger partial charge in [-0.05, 0) is 53.3 Å². The first-order chi connectivity index (χ1) is 6.65. The van der Waals surface area contributed by atoms with Gasteiger partial charge in [0, 0.05) is 0 Å². The van der Waals surface area contributed by atoms with E-state index in [9.17, 15) is 0 Å². The van der Waals surface area contributed by atoms with Crippen LogP contribution in [0.2, 0.25) is 0 Å². The highest BCUT2D eigenvalue weighted by atomic mass is 14.8. The molecule has 2 bridgehead atoms. The molecule has 4 aliphatic carbocycles. The van der Waals surface area contributed by atoms with E-state index >= 15 is 0 Å². The normalized spacial score (nSPS) is 66.6. The summed E-state index contributed by atoms with van der Waals surface area (Å²) in [6.45, 7) is 7.43. The Bertz CT molecular complexity index is 301. The molecule has 1 unspecified atom stereocenters. The molecule has 0 spiro atoms. The summed E-state index contributed by atoms with van der Waals surface area (Å²) in [6, 6.07) is 0. The third-order valence-corrected chi connectivity index (χ3v) is 6.37. The number of fused-ring (bicyclic) bond motifs is 8. The van der Waals surface area contributed by atoms with Gasteiger partial charge in [0.05, 0.1) is 0 Å². The Balaban J connectivity index is 1.69. The van der Waals surface area contributed by atoms with E-state index in [1.54, 1.807) is 0 Å². The predicted molar refractivity (Wildman–Crippen MR) is 57.6 cm³/mol. The van der Waals surface area contributed by atoms with Crippen LogP contribution in [0.5, 0.6) is 0 Å². The number of hydrogen-bond donors (Lipinski definition) is 0. The molecular weight excluding hydrogens is 168 g/mol. The third kappa shape index (κ3) is 0.570. The minimum Gasteiger partial charge on any atom is -0.0848 e. The molecule has 0 amide bonds. The van der Waals surface area contributed by atoms with E-state index < -0.39 is 0 Å². The number of allylic oxidation sites excluding steroid dienone is 2. The van der Waals surface area contributed by atoms with Crippen LogP contribution in [0.4, 0.5) is 0 Å². The van der Waals surface area contributed by atoms with Crippen LogP contribution < -0.4 is 0 Å². The van der Waals surface area contributed by atoms with Crippen molar-refractivity contribution in [3.63, 3.8) is 0 Å². The summed E-state index contributed by atoms with van der Waals surface area (Å²) in [5.74, 6) is 7.35. The lowest BCUT2D eigenvalue weighted by Crippen LogP contribution is -2.32. The molecule has 0 aromatic carbocycles. The summed E-state index contributed by atoms with van der Waals surface area (Å²) in [6.07, 6.45) is 6.57. The van der Waals surface area contributed by atoms with Crippen molar-refractivity contribution in [1.29, 1.82) is 0 Å². The lowest BCUT2D eigenvalue weighted by molar-refractivity contribution is 0.140. The molecule has 3 fully saturated rings. The Morgan fingerprint density at radius 2 is 1.57 bits per heavy atom. The van der Waals surface area contributed by atoms with Gasteiger partial charge >= 0.3 is 0 Å². The molecule has 0 nitrogen and oxygen atoms in total. The fraction of sp³-hybridized carbons (Fsp3) is 0.857. The molecule has 0 heterocycles. The first kappa shape index (κ1) is 7.96. The van der Waals surface area contributed by atoms with Gasteiger partial charge in [-0.25, -0.2) is 0 Å². The summed E-state index contributed by atoms with van der Waals surface area (Å²) in [5.41, 5.74) is 0.734. The Morgan fingerprint density at radius 3 is 2.00 bits per heavy atom. The molecule has 0 aromatic heterocycles. The first-order valence-electron chi connectivity index (χ1n) is 6.34. The van der Waals surface area contributed by atoms with E-state index in [0.717, 1.165) is 46.8 Å². The van der Waals surface area contributed by atoms with E-state index in [1.165, 1.54) is 6.42 Å². The summed E-state index contributed by atoms with van der Waals surface area (Å²) < 4.78 is 0. The second-order valence-corrected chi connectivity index (χ2v) is 6.68. The van der Waals surface area contributed by atoms with Gasteiger partial charge in [0.2, 0.25) is 0 Å². The maximum atomic E-state index is 2.56. The van der Waals surface area contributed by atoms with Crippen LogP contribution in [0.1, 0.15) is 27.2 Å². The van der Waals surface area contributed by atoms with Crippen molar-refractivity contribution in [2.45, 2.75) is 27.2 Å². The highest BCUT2D eigenvalue weighted by Gasteiger charge is 2.80. The van der Waals surface area contributed by atoms with Crippen LogP contribution in [0.25, 0.3) is 0 Å². The fourth-order valence-corrected chi connectivity index (χ4v) is 5.44. The summed E-state index contributed by atoms with van der Waals surface area (Å²) >= 11 is 0. The van der Waals surface area contributed by atoms with Gasteiger partial charge in [0.1, 0.15) is 0 Å². The fourth-order valence-electron chi connectivity index (χ4n) is 5.44. The van der Waals surface area contributed by atoms with E-state index in [1.807, 2.05) is 0 Å². The van der Waals surface area contributed by atoms with Gasteiger partial charge in [-0.1, -0.05) is 32.9 Å². The van der Waals surface area contributed by atoms with Gasteiger partial charge in [0.25, 0.3) is 0 Å². The second-order valence-electron chi connectivity index (χ2n) is 6.68. The van der Waals surface area contributed by atoms with Gasteiger partial charge in [0.15, 0.2) is 0 Å². The third-order valence-electron chi connectivity index (χ3n) is 6.37. The van der Waals surface area contributed by atoms with Crippen LogP contribution in [0.3, 0.4) is 0 Å². The van der Waals surface area contributed by atoms with Gasteiger partial charge in [-0.2, -0.15) is 0 Å². The van der Waals surface area contributed by atoms with Gasteiger partial charge in [-0.15, -0.1) is 0 Å². The van der Waals surface area contributed by atoms with Crippen LogP contribution in [-0.4, -0.2) is 0 Å². The average molecular weight is 188 g/mol. The van der Waals surface area contributed by atoms with Crippen molar-refractivity contribution < 1.29 is 0 Å². The first-order valence-corrected chi connectivity index (χ1v) is 6.34. The number of hydrogen-bond acceptors (Lipinski definition) is 0. The minimum atomic E-state index is 0.734. The van der Waals surface area contributed by atoms with Crippen molar-refractivity contribution in [2.24, 2.45) is 46.8 Å². The van der Waals surface area contributed by atoms with Crippen molar-refractivity contribution in [3.05, 3.63) is 12.2 Å². The average Bonchev–Trinajstić information content (AvgIpc) is 2.46. The van der Waals surface area contributed by atoms with Crippen LogP contribution in [0, 0.1) is 46.8 Å². The Kier molecular flexibility index (Phi) is 1.13. The standard InChI is InChI=1S/C14H20/c1-7(2)14(3)12-10-8-4-5-9(6-8)11(10)13(12)14/h4-5,7-13H,6H2,1-3H3/t8-,9+,10+,11-,12-,13+,14?. The van der Waals surface area contributed by atoms with E-state index in [4.69, 9.17) is 0 Å². The predicted octanol–water partition coefficient (Wildman–Crippen LogP) is 3.35. The molecule has 0 radical (unpaired) electrons. The quantitative estimate of drug-likeness (QED) is 0.554. The lowest BCUT2D eigenvalue weighted by Gasteiger charge is -2.36. The molecule has 0 heteroatoms. The molecule has 0 aliphatic heterocycles. The molecular formula is C14H20. The summed E-state index contributed by atoms with van der Waals surface area (Å²) in [7, 11) is 0. The lowest BCUT2D eigenvalue weighted by atomic mass is 9.68. The molecule has 14 heavy (non-hydrogen) atoms. The molecule has 3 saturated carbocycles. The zero-order valence-electron chi connectivity index (χ0n) is 9.40. The topological polar surface area (TPSA) is 0 Å². The molecule has 0 saturated heterocycles. The SMILES string of the molecule is CC(C)C1(C)[C@@H]2[C@@H]3[C@H]([C@@H]21)[C@H]1C=C[C@@H]3C1. The largest absolute Gasteiger partial charge is 0.0848 e. The maximum Gasteiger partial charge on any atom is -0.0193 e. The Labute approximate surface area is 86.8 Å². The molecule has 0 aromatic rings. The van der Waals surface area contributed by atoms with Crippen molar-refractivity contribution >= 4 is 0 Å². The van der Waals surface area contributed by atoms with E-state index in [0.29, 0.717) is 0 Å². The summed E-state index contributed by atoms with van der Waals surface area (Å²) in [5, 5.41) is 0. The van der Waals surface area contributed by atoms with Crippen molar-refractivity contribution in [1.82, 2.24) is 0 Å². The van der Waals surface area contributed by atoms with Crippen molar-refractivity contribution in [3.8, 4) is 0 Å². The second kappa shape index (κ2) is 1.99. The van der Waals surface area contributed by atoms with E-state index in [2.05, 4.69) is 32.9 Å². The van der Waals surface area contributed by atoms with Gasteiger partial charge < -0.3 is 0 Å². The molecule has 4 aliphatic rings. The zero-order valence-corrected chi connectivity index (χ0v) is 9.40. The Morgan fingerprint density at radius 1 is 1.07 bits per heavy atom. The smallest absolute Gasteiger partial charge is 0.0193 e. The zero-order chi connectivity index (χ0) is 9.66. The van der Waals surface area contributed by atoms with Gasteiger partial charge in [-0.3, -0.25) is 0 Å². The maximum absolute atomic E-state index is 2.56. The monoisotopic (exact) mass is 188 g/mol. The number of rotatable bonds is 1. The highest BCUT2D eigenvalue weighted by Crippen LogP contribution is 2.84. The molecule has 7 atom stereocenters. The van der Waals surface area contributed by atoms with E-state index in [-0.39, 0.29) is 0 Å².